The second kappa shape index (κ2) is 8.71. The maximum atomic E-state index is 13.2. The van der Waals surface area contributed by atoms with Crippen molar-refractivity contribution in [2.24, 2.45) is 0 Å². The molecule has 1 amide bonds. The standard InChI is InChI=1S/C25H19BrN2O5/c26-18-5-1-4-16(11-18)22-21(23(29)17-6-7-19-20(12-17)33-10-9-32-19)24(30)25(31)28(22)14-15-3-2-8-27-13-15/h1-8,11-13,22,29H,9-10,14H2/b23-21+. The number of likely N-dealkylation sites (tertiary alicyclic amines) is 1. The number of aliphatic hydroxyl groups is 1. The number of amides is 1. The highest BCUT2D eigenvalue weighted by Gasteiger charge is 2.46. The number of carbonyl (C=O) groups is 2. The molecule has 8 heteroatoms. The Balaban J connectivity index is 1.64. The summed E-state index contributed by atoms with van der Waals surface area (Å²) in [5, 5.41) is 11.3. The Kier molecular flexibility index (Phi) is 5.60. The predicted molar refractivity (Wildman–Crippen MR) is 124 cm³/mol. The van der Waals surface area contributed by atoms with Gasteiger partial charge in [0.2, 0.25) is 0 Å². The van der Waals surface area contributed by atoms with Crippen LogP contribution in [-0.2, 0) is 16.1 Å². The van der Waals surface area contributed by atoms with Crippen LogP contribution in [0, 0.1) is 0 Å². The average Bonchev–Trinajstić information content (AvgIpc) is 3.09. The number of benzene rings is 2. The number of nitrogens with zero attached hydrogens (tertiary/aromatic N) is 2. The van der Waals surface area contributed by atoms with Crippen LogP contribution in [0.4, 0.5) is 0 Å². The molecule has 0 bridgehead atoms. The first-order chi connectivity index (χ1) is 16.0. The van der Waals surface area contributed by atoms with Gasteiger partial charge in [-0.2, -0.15) is 0 Å². The molecular weight excluding hydrogens is 488 g/mol. The van der Waals surface area contributed by atoms with Gasteiger partial charge in [-0.3, -0.25) is 14.6 Å². The molecule has 3 aromatic rings. The average molecular weight is 507 g/mol. The maximum Gasteiger partial charge on any atom is 0.295 e. The van der Waals surface area contributed by atoms with Gasteiger partial charge in [-0.05, 0) is 47.5 Å². The Morgan fingerprint density at radius 1 is 1.06 bits per heavy atom. The summed E-state index contributed by atoms with van der Waals surface area (Å²) in [7, 11) is 0. The van der Waals surface area contributed by atoms with Crippen molar-refractivity contribution in [2.75, 3.05) is 13.2 Å². The van der Waals surface area contributed by atoms with E-state index in [4.69, 9.17) is 9.47 Å². The van der Waals surface area contributed by atoms with Crippen molar-refractivity contribution in [1.82, 2.24) is 9.88 Å². The molecule has 1 saturated heterocycles. The number of pyridine rings is 1. The van der Waals surface area contributed by atoms with Crippen molar-refractivity contribution >= 4 is 33.4 Å². The molecule has 33 heavy (non-hydrogen) atoms. The van der Waals surface area contributed by atoms with Crippen LogP contribution in [0.3, 0.4) is 0 Å². The fraction of sp³-hybridized carbons (Fsp3) is 0.160. The van der Waals surface area contributed by atoms with Crippen LogP contribution in [0.2, 0.25) is 0 Å². The minimum Gasteiger partial charge on any atom is -0.507 e. The van der Waals surface area contributed by atoms with Crippen LogP contribution in [0.25, 0.3) is 5.76 Å². The van der Waals surface area contributed by atoms with Crippen LogP contribution in [-0.4, -0.2) is 39.9 Å². The van der Waals surface area contributed by atoms with Crippen LogP contribution >= 0.6 is 15.9 Å². The topological polar surface area (TPSA) is 89.0 Å². The van der Waals surface area contributed by atoms with Crippen molar-refractivity contribution < 1.29 is 24.2 Å². The van der Waals surface area contributed by atoms with Gasteiger partial charge >= 0.3 is 0 Å². The maximum absolute atomic E-state index is 13.2. The molecule has 0 radical (unpaired) electrons. The molecule has 2 aromatic carbocycles. The van der Waals surface area contributed by atoms with Crippen molar-refractivity contribution in [3.05, 3.63) is 93.7 Å². The van der Waals surface area contributed by atoms with Gasteiger partial charge in [0.05, 0.1) is 11.6 Å². The van der Waals surface area contributed by atoms with E-state index in [2.05, 4.69) is 20.9 Å². The van der Waals surface area contributed by atoms with E-state index in [9.17, 15) is 14.7 Å². The number of carbonyl (C=O) groups excluding carboxylic acids is 2. The summed E-state index contributed by atoms with van der Waals surface area (Å²) in [6.07, 6.45) is 3.30. The quantitative estimate of drug-likeness (QED) is 0.323. The number of hydrogen-bond donors (Lipinski definition) is 1. The van der Waals surface area contributed by atoms with Gasteiger partial charge < -0.3 is 19.5 Å². The van der Waals surface area contributed by atoms with Gasteiger partial charge in [0.1, 0.15) is 19.0 Å². The largest absolute Gasteiger partial charge is 0.507 e. The van der Waals surface area contributed by atoms with Crippen LogP contribution in [0.15, 0.2) is 77.0 Å². The van der Waals surface area contributed by atoms with Crippen LogP contribution < -0.4 is 9.47 Å². The number of halogens is 1. The van der Waals surface area contributed by atoms with Gasteiger partial charge in [0.15, 0.2) is 11.5 Å². The monoisotopic (exact) mass is 506 g/mol. The first kappa shape index (κ1) is 21.2. The van der Waals surface area contributed by atoms with Gasteiger partial charge in [-0.15, -0.1) is 0 Å². The molecule has 1 aromatic heterocycles. The molecule has 166 valence electrons. The normalized spacial score (nSPS) is 19.1. The van der Waals surface area contributed by atoms with Crippen molar-refractivity contribution in [1.29, 1.82) is 0 Å². The molecular formula is C25H19BrN2O5. The zero-order chi connectivity index (χ0) is 22.9. The van der Waals surface area contributed by atoms with E-state index >= 15 is 0 Å². The molecule has 0 aliphatic carbocycles. The lowest BCUT2D eigenvalue weighted by molar-refractivity contribution is -0.140. The predicted octanol–water partition coefficient (Wildman–Crippen LogP) is 4.24. The Morgan fingerprint density at radius 2 is 1.88 bits per heavy atom. The summed E-state index contributed by atoms with van der Waals surface area (Å²) >= 11 is 3.46. The number of hydrogen-bond acceptors (Lipinski definition) is 6. The number of fused-ring (bicyclic) bond motifs is 1. The molecule has 2 aliphatic rings. The second-order valence-corrected chi connectivity index (χ2v) is 8.62. The lowest BCUT2D eigenvalue weighted by Crippen LogP contribution is -2.29. The van der Waals surface area contributed by atoms with Gasteiger partial charge in [-0.25, -0.2) is 0 Å². The highest BCUT2D eigenvalue weighted by atomic mass is 79.9. The van der Waals surface area contributed by atoms with Gasteiger partial charge in [0, 0.05) is 29.0 Å². The summed E-state index contributed by atoms with van der Waals surface area (Å²) in [4.78, 5) is 31.9. The van der Waals surface area contributed by atoms with Crippen molar-refractivity contribution in [3.8, 4) is 11.5 Å². The SMILES string of the molecule is O=C1C(=O)N(Cc2cccnc2)C(c2cccc(Br)c2)/C1=C(\O)c1ccc2c(c1)OCCO2. The summed E-state index contributed by atoms with van der Waals surface area (Å²) < 4.78 is 12.0. The van der Waals surface area contributed by atoms with E-state index in [-0.39, 0.29) is 17.9 Å². The van der Waals surface area contributed by atoms with Crippen LogP contribution in [0.1, 0.15) is 22.7 Å². The highest BCUT2D eigenvalue weighted by Crippen LogP contribution is 2.42. The lowest BCUT2D eigenvalue weighted by atomic mass is 9.95. The first-order valence-corrected chi connectivity index (χ1v) is 11.1. The van der Waals surface area contributed by atoms with Crippen molar-refractivity contribution in [3.63, 3.8) is 0 Å². The van der Waals surface area contributed by atoms with E-state index in [0.29, 0.717) is 35.8 Å². The fourth-order valence-corrected chi connectivity index (χ4v) is 4.52. The Hall–Kier alpha value is -3.65. The van der Waals surface area contributed by atoms with Gasteiger partial charge in [0.25, 0.3) is 11.7 Å². The third-order valence-electron chi connectivity index (χ3n) is 5.60. The highest BCUT2D eigenvalue weighted by molar-refractivity contribution is 9.10. The summed E-state index contributed by atoms with van der Waals surface area (Å²) in [6.45, 7) is 1.01. The molecule has 0 spiro atoms. The second-order valence-electron chi connectivity index (χ2n) is 7.70. The lowest BCUT2D eigenvalue weighted by Gasteiger charge is -2.25. The molecule has 1 unspecified atom stereocenters. The minimum atomic E-state index is -0.768. The van der Waals surface area contributed by atoms with E-state index in [0.717, 1.165) is 10.0 Å². The molecule has 1 atom stereocenters. The van der Waals surface area contributed by atoms with Gasteiger partial charge in [-0.1, -0.05) is 34.1 Å². The number of ether oxygens (including phenoxy) is 2. The van der Waals surface area contributed by atoms with E-state index in [1.54, 1.807) is 36.7 Å². The third kappa shape index (κ3) is 3.98. The van der Waals surface area contributed by atoms with Crippen molar-refractivity contribution in [2.45, 2.75) is 12.6 Å². The summed E-state index contributed by atoms with van der Waals surface area (Å²) in [5.41, 5.74) is 1.88. The zero-order valence-corrected chi connectivity index (χ0v) is 19.0. The molecule has 0 saturated carbocycles. The molecule has 3 heterocycles. The van der Waals surface area contributed by atoms with E-state index in [1.807, 2.05) is 30.3 Å². The molecule has 7 nitrogen and oxygen atoms in total. The number of Topliss-reactive ketones (excluding diaryl/α,β-unsaturated/α-hetero) is 1. The molecule has 5 rings (SSSR count). The van der Waals surface area contributed by atoms with Crippen LogP contribution in [0.5, 0.6) is 11.5 Å². The number of rotatable bonds is 4. The Morgan fingerprint density at radius 3 is 2.64 bits per heavy atom. The van der Waals surface area contributed by atoms with E-state index < -0.39 is 17.7 Å². The minimum absolute atomic E-state index is 0.0265. The molecule has 2 aliphatic heterocycles. The smallest absolute Gasteiger partial charge is 0.295 e. The zero-order valence-electron chi connectivity index (χ0n) is 17.4. The third-order valence-corrected chi connectivity index (χ3v) is 6.09. The molecule has 1 fully saturated rings. The number of aliphatic hydroxyl groups excluding tert-OH is 1. The molecule has 1 N–H and O–H groups in total. The summed E-state index contributed by atoms with van der Waals surface area (Å²) in [6, 6.07) is 15.1. The Bertz CT molecular complexity index is 1270. The Labute approximate surface area is 198 Å². The fourth-order valence-electron chi connectivity index (χ4n) is 4.10. The first-order valence-electron chi connectivity index (χ1n) is 10.4. The van der Waals surface area contributed by atoms with E-state index in [1.165, 1.54) is 4.90 Å². The summed E-state index contributed by atoms with van der Waals surface area (Å²) in [5.74, 6) is -0.629. The number of ketones is 1. The number of aromatic nitrogens is 1.